The number of H-pyrrole nitrogens is 1. The second-order valence-corrected chi connectivity index (χ2v) is 3.09. The summed E-state index contributed by atoms with van der Waals surface area (Å²) in [4.78, 5) is 23.4. The number of amides is 1. The first-order valence-corrected chi connectivity index (χ1v) is 4.22. The number of aromatic amines is 1. The number of primary amides is 1. The Kier molecular flexibility index (Phi) is 3.01. The zero-order valence-electron chi connectivity index (χ0n) is 6.29. The summed E-state index contributed by atoms with van der Waals surface area (Å²) in [6.45, 7) is 0.583. The Morgan fingerprint density at radius 2 is 2.50 bits per heavy atom. The molecule has 0 aromatic carbocycles. The average molecular weight is 187 g/mol. The van der Waals surface area contributed by atoms with Gasteiger partial charge in [-0.15, -0.1) is 0 Å². The van der Waals surface area contributed by atoms with Crippen LogP contribution in [0.2, 0.25) is 0 Å². The van der Waals surface area contributed by atoms with E-state index in [1.165, 1.54) is 0 Å². The minimum Gasteiger partial charge on any atom is -0.369 e. The van der Waals surface area contributed by atoms with E-state index in [0.29, 0.717) is 6.54 Å². The maximum absolute atomic E-state index is 10.6. The van der Waals surface area contributed by atoms with Gasteiger partial charge in [0.1, 0.15) is 0 Å². The molecule has 0 atom stereocenters. The van der Waals surface area contributed by atoms with Crippen LogP contribution in [0.15, 0.2) is 10.2 Å². The molecule has 1 heterocycles. The number of hydrogen-bond donors (Lipinski definition) is 3. The molecule has 0 aliphatic heterocycles. The number of nitrogens with one attached hydrogen (secondary N) is 2. The van der Waals surface area contributed by atoms with Crippen molar-refractivity contribution in [2.75, 3.05) is 6.54 Å². The number of aromatic nitrogens is 1. The first kappa shape index (κ1) is 8.95. The fraction of sp³-hybridized carbons (Fsp3) is 0.333. The number of rotatable bonds is 4. The van der Waals surface area contributed by atoms with E-state index in [1.807, 2.05) is 0 Å². The molecule has 0 saturated carbocycles. The van der Waals surface area contributed by atoms with Crippen LogP contribution >= 0.6 is 11.3 Å². The van der Waals surface area contributed by atoms with Crippen molar-refractivity contribution in [2.24, 2.45) is 5.73 Å². The lowest BCUT2D eigenvalue weighted by Gasteiger charge is -1.97. The number of carbonyl (C=O) groups excluding carboxylic acids is 1. The van der Waals surface area contributed by atoms with E-state index in [4.69, 9.17) is 5.73 Å². The van der Waals surface area contributed by atoms with E-state index in [9.17, 15) is 9.59 Å². The van der Waals surface area contributed by atoms with Crippen molar-refractivity contribution in [3.8, 4) is 0 Å². The van der Waals surface area contributed by atoms with Crippen LogP contribution < -0.4 is 15.9 Å². The lowest BCUT2D eigenvalue weighted by molar-refractivity contribution is -0.117. The van der Waals surface area contributed by atoms with Gasteiger partial charge in [-0.2, -0.15) is 0 Å². The van der Waals surface area contributed by atoms with E-state index < -0.39 is 5.91 Å². The van der Waals surface area contributed by atoms with Crippen LogP contribution in [-0.4, -0.2) is 17.4 Å². The van der Waals surface area contributed by atoms with Crippen LogP contribution in [0.4, 0.5) is 0 Å². The lowest BCUT2D eigenvalue weighted by Crippen LogP contribution is -2.28. The molecule has 4 N–H and O–H groups in total. The summed E-state index contributed by atoms with van der Waals surface area (Å²) in [7, 11) is 0. The predicted octanol–water partition coefficient (Wildman–Crippen LogP) is -0.989. The van der Waals surface area contributed by atoms with Crippen molar-refractivity contribution >= 4 is 17.2 Å². The summed E-state index contributed by atoms with van der Waals surface area (Å²) in [6.07, 6.45) is 0. The van der Waals surface area contributed by atoms with Crippen molar-refractivity contribution in [3.05, 3.63) is 20.7 Å². The highest BCUT2D eigenvalue weighted by molar-refractivity contribution is 7.07. The molecular weight excluding hydrogens is 178 g/mol. The van der Waals surface area contributed by atoms with E-state index in [1.54, 1.807) is 5.38 Å². The van der Waals surface area contributed by atoms with E-state index >= 15 is 0 Å². The van der Waals surface area contributed by atoms with Crippen LogP contribution in [-0.2, 0) is 11.3 Å². The topological polar surface area (TPSA) is 88.0 Å². The predicted molar refractivity (Wildman–Crippen MR) is 45.8 cm³/mol. The molecule has 1 amide bonds. The molecule has 0 radical (unpaired) electrons. The molecule has 0 bridgehead atoms. The van der Waals surface area contributed by atoms with E-state index in [0.717, 1.165) is 17.0 Å². The van der Waals surface area contributed by atoms with E-state index in [-0.39, 0.29) is 11.4 Å². The van der Waals surface area contributed by atoms with Gasteiger partial charge in [0.2, 0.25) is 5.91 Å². The van der Waals surface area contributed by atoms with Crippen molar-refractivity contribution in [2.45, 2.75) is 6.54 Å². The molecule has 1 aromatic rings. The summed E-state index contributed by atoms with van der Waals surface area (Å²) in [6, 6.07) is 0. The highest BCUT2D eigenvalue weighted by Crippen LogP contribution is 1.93. The highest BCUT2D eigenvalue weighted by Gasteiger charge is 1.96. The first-order valence-electron chi connectivity index (χ1n) is 3.34. The van der Waals surface area contributed by atoms with Gasteiger partial charge < -0.3 is 16.0 Å². The van der Waals surface area contributed by atoms with Crippen molar-refractivity contribution < 1.29 is 4.79 Å². The Balaban J connectivity index is 2.33. The largest absolute Gasteiger partial charge is 0.369 e. The maximum atomic E-state index is 10.6. The molecule has 1 aromatic heterocycles. The van der Waals surface area contributed by atoms with Gasteiger partial charge in [-0.3, -0.25) is 9.59 Å². The van der Waals surface area contributed by atoms with Gasteiger partial charge in [-0.25, -0.2) is 0 Å². The molecule has 0 saturated heterocycles. The fourth-order valence-electron chi connectivity index (χ4n) is 0.721. The Morgan fingerprint density at radius 3 is 3.00 bits per heavy atom. The molecule has 0 aliphatic carbocycles. The molecule has 0 aliphatic rings. The fourth-order valence-corrected chi connectivity index (χ4v) is 1.30. The molecule has 12 heavy (non-hydrogen) atoms. The summed E-state index contributed by atoms with van der Waals surface area (Å²) in [5.74, 6) is -0.410. The SMILES string of the molecule is NC(=O)CNCc1csc(=O)[nH]1. The summed E-state index contributed by atoms with van der Waals surface area (Å²) in [5.41, 5.74) is 5.66. The van der Waals surface area contributed by atoms with Gasteiger partial charge in [0.25, 0.3) is 0 Å². The zero-order chi connectivity index (χ0) is 8.97. The third-order valence-electron chi connectivity index (χ3n) is 1.19. The smallest absolute Gasteiger partial charge is 0.304 e. The normalized spacial score (nSPS) is 10.0. The number of carbonyl (C=O) groups is 1. The maximum Gasteiger partial charge on any atom is 0.304 e. The zero-order valence-corrected chi connectivity index (χ0v) is 7.11. The van der Waals surface area contributed by atoms with Crippen LogP contribution in [0.1, 0.15) is 5.69 Å². The van der Waals surface area contributed by atoms with Crippen LogP contribution in [0.3, 0.4) is 0 Å². The molecule has 66 valence electrons. The third kappa shape index (κ3) is 2.85. The molecular formula is C6H9N3O2S. The second-order valence-electron chi connectivity index (χ2n) is 2.24. The van der Waals surface area contributed by atoms with Crippen LogP contribution in [0, 0.1) is 0 Å². The van der Waals surface area contributed by atoms with Gasteiger partial charge >= 0.3 is 4.87 Å². The van der Waals surface area contributed by atoms with Crippen molar-refractivity contribution in [3.63, 3.8) is 0 Å². The third-order valence-corrected chi connectivity index (χ3v) is 1.90. The lowest BCUT2D eigenvalue weighted by atomic mass is 10.5. The standard InChI is InChI=1S/C6H9N3O2S/c7-5(10)2-8-1-4-3-12-6(11)9-4/h3,8H,1-2H2,(H2,7,10)(H,9,11). The van der Waals surface area contributed by atoms with Gasteiger partial charge in [-0.05, 0) is 0 Å². The molecule has 5 nitrogen and oxygen atoms in total. The van der Waals surface area contributed by atoms with Crippen molar-refractivity contribution in [1.29, 1.82) is 0 Å². The number of nitrogens with two attached hydrogens (primary N) is 1. The van der Waals surface area contributed by atoms with Gasteiger partial charge in [0, 0.05) is 17.6 Å². The van der Waals surface area contributed by atoms with E-state index in [2.05, 4.69) is 10.3 Å². The number of thiazole rings is 1. The van der Waals surface area contributed by atoms with Gasteiger partial charge in [-0.1, -0.05) is 11.3 Å². The summed E-state index contributed by atoms with van der Waals surface area (Å²) >= 11 is 1.10. The Hall–Kier alpha value is -1.14. The highest BCUT2D eigenvalue weighted by atomic mass is 32.1. The molecule has 1 rings (SSSR count). The van der Waals surface area contributed by atoms with Crippen LogP contribution in [0.5, 0.6) is 0 Å². The average Bonchev–Trinajstić information content (AvgIpc) is 2.35. The monoisotopic (exact) mass is 187 g/mol. The second kappa shape index (κ2) is 4.03. The first-order chi connectivity index (χ1) is 5.68. The minimum atomic E-state index is -0.410. The molecule has 6 heteroatoms. The molecule has 0 spiro atoms. The Bertz CT molecular complexity index is 317. The quantitative estimate of drug-likeness (QED) is 0.565. The molecule has 0 fully saturated rings. The molecule has 0 unspecified atom stereocenters. The number of hydrogen-bond acceptors (Lipinski definition) is 4. The minimum absolute atomic E-state index is 0.0918. The Morgan fingerprint density at radius 1 is 1.75 bits per heavy atom. The van der Waals surface area contributed by atoms with Crippen LogP contribution in [0.25, 0.3) is 0 Å². The Labute approximate surface area is 72.6 Å². The van der Waals surface area contributed by atoms with Gasteiger partial charge in [0.05, 0.1) is 6.54 Å². The summed E-state index contributed by atoms with van der Waals surface area (Å²) in [5, 5.41) is 4.48. The van der Waals surface area contributed by atoms with Gasteiger partial charge in [0.15, 0.2) is 0 Å². The summed E-state index contributed by atoms with van der Waals surface area (Å²) < 4.78 is 0. The van der Waals surface area contributed by atoms with Crippen molar-refractivity contribution in [1.82, 2.24) is 10.3 Å².